The average molecular weight is 318 g/mol. The van der Waals surface area contributed by atoms with Gasteiger partial charge < -0.3 is 14.5 Å². The van der Waals surface area contributed by atoms with Gasteiger partial charge in [0.05, 0.1) is 0 Å². The Morgan fingerprint density at radius 2 is 1.70 bits per heavy atom. The van der Waals surface area contributed by atoms with Crippen LogP contribution < -0.4 is 4.90 Å². The fraction of sp³-hybridized carbons (Fsp3) is 0.632. The van der Waals surface area contributed by atoms with Gasteiger partial charge in [0.1, 0.15) is 5.60 Å². The summed E-state index contributed by atoms with van der Waals surface area (Å²) >= 11 is 0. The molecule has 1 atom stereocenters. The van der Waals surface area contributed by atoms with E-state index in [1.807, 2.05) is 25.7 Å². The maximum Gasteiger partial charge on any atom is 0.410 e. The van der Waals surface area contributed by atoms with Crippen LogP contribution in [0.15, 0.2) is 12.1 Å². The third kappa shape index (κ3) is 4.18. The number of nitrogens with zero attached hydrogens (tertiary/aromatic N) is 2. The Labute approximate surface area is 140 Å². The summed E-state index contributed by atoms with van der Waals surface area (Å²) in [6, 6.07) is 4.74. The first-order valence-electron chi connectivity index (χ1n) is 8.41. The van der Waals surface area contributed by atoms with Crippen molar-refractivity contribution < 1.29 is 9.53 Å². The number of anilines is 1. The van der Waals surface area contributed by atoms with E-state index >= 15 is 0 Å². The first kappa shape index (κ1) is 17.6. The van der Waals surface area contributed by atoms with E-state index in [4.69, 9.17) is 4.74 Å². The van der Waals surface area contributed by atoms with Crippen LogP contribution in [0, 0.1) is 20.8 Å². The molecule has 4 heteroatoms. The van der Waals surface area contributed by atoms with Crippen LogP contribution in [0.25, 0.3) is 0 Å². The second-order valence-electron chi connectivity index (χ2n) is 7.72. The Morgan fingerprint density at radius 1 is 1.13 bits per heavy atom. The molecule has 4 nitrogen and oxygen atoms in total. The molecule has 128 valence electrons. The molecular formula is C19H30N2O2. The molecule has 1 aromatic rings. The predicted molar refractivity (Wildman–Crippen MR) is 95.3 cm³/mol. The highest BCUT2D eigenvalue weighted by molar-refractivity contribution is 5.69. The maximum atomic E-state index is 12.3. The zero-order valence-corrected chi connectivity index (χ0v) is 15.6. The quantitative estimate of drug-likeness (QED) is 0.783. The normalized spacial score (nSPS) is 19.0. The van der Waals surface area contributed by atoms with E-state index in [0.29, 0.717) is 13.1 Å². The van der Waals surface area contributed by atoms with Gasteiger partial charge in [-0.05, 0) is 59.6 Å². The number of carbonyl (C=O) groups excluding carboxylic acids is 1. The second-order valence-corrected chi connectivity index (χ2v) is 7.72. The highest BCUT2D eigenvalue weighted by Crippen LogP contribution is 2.29. The molecule has 1 saturated heterocycles. The minimum atomic E-state index is -0.443. The van der Waals surface area contributed by atoms with Crippen molar-refractivity contribution in [2.45, 2.75) is 60.1 Å². The number of carbonyl (C=O) groups is 1. The van der Waals surface area contributed by atoms with Crippen LogP contribution >= 0.6 is 0 Å². The highest BCUT2D eigenvalue weighted by Gasteiger charge is 2.30. The Balaban J connectivity index is 2.12. The van der Waals surface area contributed by atoms with E-state index in [1.165, 1.54) is 22.4 Å². The monoisotopic (exact) mass is 318 g/mol. The minimum absolute atomic E-state index is 0.207. The van der Waals surface area contributed by atoms with Crippen LogP contribution in [0.4, 0.5) is 10.5 Å². The van der Waals surface area contributed by atoms with Crippen LogP contribution in [0.1, 0.15) is 44.4 Å². The molecule has 0 radical (unpaired) electrons. The third-order valence-corrected chi connectivity index (χ3v) is 4.20. The number of rotatable bonds is 1. The maximum absolute atomic E-state index is 12.3. The summed E-state index contributed by atoms with van der Waals surface area (Å²) in [5.74, 6) is 0. The molecular weight excluding hydrogens is 288 g/mol. The molecule has 0 spiro atoms. The van der Waals surface area contributed by atoms with Gasteiger partial charge in [0.25, 0.3) is 0 Å². The van der Waals surface area contributed by atoms with E-state index in [-0.39, 0.29) is 12.1 Å². The van der Waals surface area contributed by atoms with Gasteiger partial charge in [-0.25, -0.2) is 4.79 Å². The Bertz CT molecular complexity index is 567. The van der Waals surface area contributed by atoms with Gasteiger partial charge in [0.15, 0.2) is 0 Å². The van der Waals surface area contributed by atoms with Gasteiger partial charge in [0.2, 0.25) is 0 Å². The molecule has 0 aromatic heterocycles. The number of piperazine rings is 1. The van der Waals surface area contributed by atoms with E-state index in [0.717, 1.165) is 6.54 Å². The number of ether oxygens (including phenoxy) is 1. The first-order chi connectivity index (χ1) is 10.6. The standard InChI is InChI=1S/C19H30N2O2/c1-13-10-14(2)17(15(3)11-13)21-9-8-20(12-16(21)4)18(22)23-19(5,6)7/h10-11,16H,8-9,12H2,1-7H3/t16-/m1/s1. The van der Waals surface area contributed by atoms with Crippen molar-refractivity contribution in [3.63, 3.8) is 0 Å². The fourth-order valence-corrected chi connectivity index (χ4v) is 3.41. The predicted octanol–water partition coefficient (Wildman–Crippen LogP) is 4.06. The van der Waals surface area contributed by atoms with Gasteiger partial charge in [0, 0.05) is 31.4 Å². The summed E-state index contributed by atoms with van der Waals surface area (Å²) < 4.78 is 5.50. The smallest absolute Gasteiger partial charge is 0.410 e. The topological polar surface area (TPSA) is 32.8 Å². The molecule has 0 N–H and O–H groups in total. The van der Waals surface area contributed by atoms with Gasteiger partial charge in [-0.1, -0.05) is 17.7 Å². The molecule has 2 rings (SSSR count). The number of aryl methyl sites for hydroxylation is 3. The lowest BCUT2D eigenvalue weighted by atomic mass is 10.0. The molecule has 1 aliphatic rings. The van der Waals surface area contributed by atoms with Crippen molar-refractivity contribution in [1.29, 1.82) is 0 Å². The number of hydrogen-bond acceptors (Lipinski definition) is 3. The molecule has 1 amide bonds. The summed E-state index contributed by atoms with van der Waals surface area (Å²) in [7, 11) is 0. The summed E-state index contributed by atoms with van der Waals surface area (Å²) in [5.41, 5.74) is 4.78. The molecule has 1 aliphatic heterocycles. The van der Waals surface area contributed by atoms with Gasteiger partial charge in [-0.15, -0.1) is 0 Å². The van der Waals surface area contributed by atoms with E-state index < -0.39 is 5.60 Å². The summed E-state index contributed by atoms with van der Waals surface area (Å²) in [5, 5.41) is 0. The fourth-order valence-electron chi connectivity index (χ4n) is 3.41. The Morgan fingerprint density at radius 3 is 2.17 bits per heavy atom. The highest BCUT2D eigenvalue weighted by atomic mass is 16.6. The molecule has 0 bridgehead atoms. The molecule has 1 heterocycles. The lowest BCUT2D eigenvalue weighted by molar-refractivity contribution is 0.0219. The lowest BCUT2D eigenvalue weighted by Crippen LogP contribution is -2.55. The largest absolute Gasteiger partial charge is 0.444 e. The molecule has 1 aromatic carbocycles. The third-order valence-electron chi connectivity index (χ3n) is 4.20. The van der Waals surface area contributed by atoms with Crippen molar-refractivity contribution in [2.75, 3.05) is 24.5 Å². The molecule has 0 unspecified atom stereocenters. The number of amides is 1. The van der Waals surface area contributed by atoms with Gasteiger partial charge in [-0.2, -0.15) is 0 Å². The summed E-state index contributed by atoms with van der Waals surface area (Å²) in [6.07, 6.45) is -0.207. The molecule has 23 heavy (non-hydrogen) atoms. The Hall–Kier alpha value is -1.71. The SMILES string of the molecule is Cc1cc(C)c(N2CCN(C(=O)OC(C)(C)C)C[C@H]2C)c(C)c1. The second kappa shape index (κ2) is 6.42. The molecule has 0 saturated carbocycles. The van der Waals surface area contributed by atoms with E-state index in [9.17, 15) is 4.79 Å². The molecule has 0 aliphatic carbocycles. The van der Waals surface area contributed by atoms with Crippen LogP contribution in [0.5, 0.6) is 0 Å². The number of hydrogen-bond donors (Lipinski definition) is 0. The zero-order chi connectivity index (χ0) is 17.4. The van der Waals surface area contributed by atoms with E-state index in [1.54, 1.807) is 0 Å². The van der Waals surface area contributed by atoms with Gasteiger partial charge >= 0.3 is 6.09 Å². The van der Waals surface area contributed by atoms with Crippen molar-refractivity contribution in [3.05, 3.63) is 28.8 Å². The lowest BCUT2D eigenvalue weighted by Gasteiger charge is -2.42. The Kier molecular flexibility index (Phi) is 4.92. The van der Waals surface area contributed by atoms with Crippen LogP contribution in [0.3, 0.4) is 0 Å². The van der Waals surface area contributed by atoms with Crippen molar-refractivity contribution >= 4 is 11.8 Å². The summed E-state index contributed by atoms with van der Waals surface area (Å²) in [4.78, 5) is 16.5. The van der Waals surface area contributed by atoms with Crippen LogP contribution in [-0.4, -0.2) is 42.3 Å². The minimum Gasteiger partial charge on any atom is -0.444 e. The van der Waals surface area contributed by atoms with Crippen molar-refractivity contribution in [3.8, 4) is 0 Å². The van der Waals surface area contributed by atoms with Crippen molar-refractivity contribution in [1.82, 2.24) is 4.90 Å². The van der Waals surface area contributed by atoms with Crippen LogP contribution in [-0.2, 0) is 4.74 Å². The number of benzene rings is 1. The zero-order valence-electron chi connectivity index (χ0n) is 15.6. The van der Waals surface area contributed by atoms with Gasteiger partial charge in [-0.3, -0.25) is 0 Å². The van der Waals surface area contributed by atoms with Crippen molar-refractivity contribution in [2.24, 2.45) is 0 Å². The van der Waals surface area contributed by atoms with E-state index in [2.05, 4.69) is 44.7 Å². The first-order valence-corrected chi connectivity index (χ1v) is 8.41. The van der Waals surface area contributed by atoms with Crippen LogP contribution in [0.2, 0.25) is 0 Å². The molecule has 1 fully saturated rings. The average Bonchev–Trinajstić information content (AvgIpc) is 2.37. The summed E-state index contributed by atoms with van der Waals surface area (Å²) in [6.45, 7) is 16.6.